The topological polar surface area (TPSA) is 37.8 Å². The molecule has 0 aliphatic rings. The van der Waals surface area contributed by atoms with Crippen molar-refractivity contribution in [3.8, 4) is 0 Å². The van der Waals surface area contributed by atoms with Crippen LogP contribution in [0.4, 0.5) is 5.82 Å². The van der Waals surface area contributed by atoms with Gasteiger partial charge in [-0.3, -0.25) is 0 Å². The van der Waals surface area contributed by atoms with E-state index in [0.29, 0.717) is 0 Å². The van der Waals surface area contributed by atoms with Gasteiger partial charge in [0.1, 0.15) is 5.82 Å². The third kappa shape index (κ3) is 5.95. The molecule has 1 aromatic heterocycles. The number of anilines is 1. The number of thioether (sulfide) groups is 1. The van der Waals surface area contributed by atoms with E-state index in [1.807, 2.05) is 30.8 Å². The van der Waals surface area contributed by atoms with E-state index in [4.69, 9.17) is 0 Å². The molecule has 0 spiro atoms. The number of aromatic nitrogens is 2. The highest BCUT2D eigenvalue weighted by Gasteiger charge is 1.94. The van der Waals surface area contributed by atoms with Crippen LogP contribution in [0.2, 0.25) is 0 Å². The van der Waals surface area contributed by atoms with Crippen LogP contribution in [0.1, 0.15) is 31.4 Å². The van der Waals surface area contributed by atoms with Gasteiger partial charge in [0.25, 0.3) is 0 Å². The largest absolute Gasteiger partial charge is 0.369 e. The molecule has 0 bridgehead atoms. The smallest absolute Gasteiger partial charge is 0.148 e. The Bertz CT molecular complexity index is 274. The number of unbranched alkanes of at least 4 members (excludes halogenated alkanes) is 3. The molecule has 1 heterocycles. The standard InChI is InChI=1S/C12H21N3S/c1-11-7-8-12(15-14-11)13-9-5-3-4-6-10-16-2/h7-8H,3-6,9-10H2,1-2H3,(H,13,15). The number of nitrogens with one attached hydrogen (secondary N) is 1. The zero-order chi connectivity index (χ0) is 11.6. The fourth-order valence-corrected chi connectivity index (χ4v) is 1.93. The summed E-state index contributed by atoms with van der Waals surface area (Å²) in [6, 6.07) is 3.96. The average molecular weight is 239 g/mol. The van der Waals surface area contributed by atoms with Crippen molar-refractivity contribution in [2.24, 2.45) is 0 Å². The number of hydrogen-bond donors (Lipinski definition) is 1. The lowest BCUT2D eigenvalue weighted by Gasteiger charge is -2.04. The van der Waals surface area contributed by atoms with Crippen molar-refractivity contribution in [1.82, 2.24) is 10.2 Å². The van der Waals surface area contributed by atoms with Crippen LogP contribution in [0.15, 0.2) is 12.1 Å². The van der Waals surface area contributed by atoms with Crippen LogP contribution in [-0.4, -0.2) is 28.8 Å². The molecule has 0 unspecified atom stereocenters. The molecule has 0 aliphatic heterocycles. The molecule has 0 atom stereocenters. The van der Waals surface area contributed by atoms with Crippen LogP contribution in [0.25, 0.3) is 0 Å². The van der Waals surface area contributed by atoms with Crippen molar-refractivity contribution in [1.29, 1.82) is 0 Å². The zero-order valence-corrected chi connectivity index (χ0v) is 11.0. The van der Waals surface area contributed by atoms with Gasteiger partial charge in [-0.2, -0.15) is 16.9 Å². The molecule has 1 aromatic rings. The van der Waals surface area contributed by atoms with Crippen LogP contribution in [0, 0.1) is 6.92 Å². The Morgan fingerprint density at radius 2 is 1.94 bits per heavy atom. The minimum absolute atomic E-state index is 0.884. The van der Waals surface area contributed by atoms with Crippen molar-refractivity contribution in [2.45, 2.75) is 32.6 Å². The predicted molar refractivity (Wildman–Crippen MR) is 72.1 cm³/mol. The van der Waals surface area contributed by atoms with Crippen LogP contribution in [0.5, 0.6) is 0 Å². The van der Waals surface area contributed by atoms with Gasteiger partial charge in [-0.1, -0.05) is 12.8 Å². The van der Waals surface area contributed by atoms with E-state index in [0.717, 1.165) is 18.1 Å². The number of rotatable bonds is 8. The molecule has 0 radical (unpaired) electrons. The van der Waals surface area contributed by atoms with Crippen LogP contribution < -0.4 is 5.32 Å². The Morgan fingerprint density at radius 1 is 1.12 bits per heavy atom. The van der Waals surface area contributed by atoms with E-state index in [9.17, 15) is 0 Å². The van der Waals surface area contributed by atoms with Crippen molar-refractivity contribution in [3.05, 3.63) is 17.8 Å². The van der Waals surface area contributed by atoms with Gasteiger partial charge in [0.05, 0.1) is 5.69 Å². The van der Waals surface area contributed by atoms with E-state index in [1.54, 1.807) is 0 Å². The molecule has 1 N–H and O–H groups in total. The highest BCUT2D eigenvalue weighted by atomic mass is 32.2. The molecular formula is C12H21N3S. The van der Waals surface area contributed by atoms with Gasteiger partial charge < -0.3 is 5.32 Å². The molecule has 0 aliphatic carbocycles. The fourth-order valence-electron chi connectivity index (χ4n) is 1.43. The van der Waals surface area contributed by atoms with Crippen LogP contribution in [0.3, 0.4) is 0 Å². The first-order chi connectivity index (χ1) is 7.83. The first kappa shape index (κ1) is 13.3. The van der Waals surface area contributed by atoms with Gasteiger partial charge >= 0.3 is 0 Å². The zero-order valence-electron chi connectivity index (χ0n) is 10.2. The minimum Gasteiger partial charge on any atom is -0.369 e. The van der Waals surface area contributed by atoms with E-state index in [1.165, 1.54) is 31.4 Å². The summed E-state index contributed by atoms with van der Waals surface area (Å²) in [6.07, 6.45) is 7.35. The maximum atomic E-state index is 4.06. The van der Waals surface area contributed by atoms with Crippen LogP contribution in [-0.2, 0) is 0 Å². The van der Waals surface area contributed by atoms with Crippen molar-refractivity contribution in [3.63, 3.8) is 0 Å². The molecule has 0 fully saturated rings. The van der Waals surface area contributed by atoms with Crippen LogP contribution >= 0.6 is 11.8 Å². The second-order valence-corrected chi connectivity index (χ2v) is 4.88. The van der Waals surface area contributed by atoms with Gasteiger partial charge in [-0.15, -0.1) is 5.10 Å². The highest BCUT2D eigenvalue weighted by molar-refractivity contribution is 7.98. The third-order valence-corrected chi connectivity index (χ3v) is 3.08. The van der Waals surface area contributed by atoms with Gasteiger partial charge in [0, 0.05) is 6.54 Å². The Morgan fingerprint density at radius 3 is 2.62 bits per heavy atom. The summed E-state index contributed by atoms with van der Waals surface area (Å²) in [6.45, 7) is 2.94. The first-order valence-electron chi connectivity index (χ1n) is 5.86. The lowest BCUT2D eigenvalue weighted by atomic mass is 10.2. The summed E-state index contributed by atoms with van der Waals surface area (Å²) < 4.78 is 0. The molecule has 4 heteroatoms. The molecule has 0 aromatic carbocycles. The summed E-state index contributed by atoms with van der Waals surface area (Å²) in [5.74, 6) is 2.17. The summed E-state index contributed by atoms with van der Waals surface area (Å²) in [5.41, 5.74) is 0.961. The Balaban J connectivity index is 2.01. The Kier molecular flexibility index (Phi) is 6.97. The number of aryl methyl sites for hydroxylation is 1. The SMILES string of the molecule is CSCCCCCCNc1ccc(C)nn1. The normalized spacial score (nSPS) is 10.4. The van der Waals surface area contributed by atoms with Crippen molar-refractivity contribution in [2.75, 3.05) is 23.9 Å². The van der Waals surface area contributed by atoms with Gasteiger partial charge in [-0.25, -0.2) is 0 Å². The van der Waals surface area contributed by atoms with E-state index >= 15 is 0 Å². The molecule has 0 saturated carbocycles. The average Bonchev–Trinajstić information content (AvgIpc) is 2.30. The summed E-state index contributed by atoms with van der Waals surface area (Å²) >= 11 is 1.93. The van der Waals surface area contributed by atoms with Crippen molar-refractivity contribution < 1.29 is 0 Å². The lowest BCUT2D eigenvalue weighted by molar-refractivity contribution is 0.687. The fraction of sp³-hybridized carbons (Fsp3) is 0.667. The van der Waals surface area contributed by atoms with Gasteiger partial charge in [0.2, 0.25) is 0 Å². The van der Waals surface area contributed by atoms with Crippen molar-refractivity contribution >= 4 is 17.6 Å². The number of nitrogens with zero attached hydrogens (tertiary/aromatic N) is 2. The molecule has 16 heavy (non-hydrogen) atoms. The van der Waals surface area contributed by atoms with E-state index in [-0.39, 0.29) is 0 Å². The Labute approximate surface area is 102 Å². The van der Waals surface area contributed by atoms with E-state index in [2.05, 4.69) is 21.8 Å². The molecule has 0 amide bonds. The second kappa shape index (κ2) is 8.39. The Hall–Kier alpha value is -0.770. The van der Waals surface area contributed by atoms with E-state index < -0.39 is 0 Å². The maximum absolute atomic E-state index is 4.06. The quantitative estimate of drug-likeness (QED) is 0.707. The van der Waals surface area contributed by atoms with Gasteiger partial charge in [-0.05, 0) is 43.9 Å². The molecule has 3 nitrogen and oxygen atoms in total. The second-order valence-electron chi connectivity index (χ2n) is 3.89. The summed E-state index contributed by atoms with van der Waals surface area (Å²) in [4.78, 5) is 0. The molecule has 0 saturated heterocycles. The van der Waals surface area contributed by atoms with Gasteiger partial charge in [0.15, 0.2) is 0 Å². The summed E-state index contributed by atoms with van der Waals surface area (Å²) in [7, 11) is 0. The molecule has 90 valence electrons. The third-order valence-electron chi connectivity index (χ3n) is 2.38. The number of hydrogen-bond acceptors (Lipinski definition) is 4. The lowest BCUT2D eigenvalue weighted by Crippen LogP contribution is -2.04. The minimum atomic E-state index is 0.884. The summed E-state index contributed by atoms with van der Waals surface area (Å²) in [5, 5.41) is 11.3. The molecular weight excluding hydrogens is 218 g/mol. The highest BCUT2D eigenvalue weighted by Crippen LogP contribution is 2.06. The monoisotopic (exact) mass is 239 g/mol. The predicted octanol–water partition coefficient (Wildman–Crippen LogP) is 3.12. The molecule has 1 rings (SSSR count). The first-order valence-corrected chi connectivity index (χ1v) is 7.25. The maximum Gasteiger partial charge on any atom is 0.148 e.